The molecule has 0 aromatic heterocycles. The highest BCUT2D eigenvalue weighted by Crippen LogP contribution is 2.11. The highest BCUT2D eigenvalue weighted by atomic mass is 16.4. The van der Waals surface area contributed by atoms with E-state index in [2.05, 4.69) is 5.32 Å². The van der Waals surface area contributed by atoms with Crippen LogP contribution in [0, 0.1) is 0 Å². The van der Waals surface area contributed by atoms with E-state index in [-0.39, 0.29) is 26.3 Å². The van der Waals surface area contributed by atoms with E-state index < -0.39 is 12.0 Å². The van der Waals surface area contributed by atoms with E-state index in [9.17, 15) is 9.59 Å². The molecular formula is C14H18N2O5. The molecule has 1 aromatic carbocycles. The van der Waals surface area contributed by atoms with Crippen molar-refractivity contribution < 1.29 is 24.9 Å². The van der Waals surface area contributed by atoms with Gasteiger partial charge in [-0.05, 0) is 23.8 Å². The highest BCUT2D eigenvalue weighted by molar-refractivity contribution is 5.89. The van der Waals surface area contributed by atoms with Crippen LogP contribution in [-0.4, -0.2) is 58.5 Å². The van der Waals surface area contributed by atoms with E-state index in [0.717, 1.165) is 6.08 Å². The normalized spacial score (nSPS) is 10.6. The number of carboxylic acids is 1. The second-order valence-corrected chi connectivity index (χ2v) is 4.16. The quantitative estimate of drug-likeness (QED) is 0.551. The molecule has 4 N–H and O–H groups in total. The molecule has 0 heterocycles. The van der Waals surface area contributed by atoms with Crippen LogP contribution in [0.15, 0.2) is 30.3 Å². The van der Waals surface area contributed by atoms with Crippen LogP contribution in [0.4, 0.5) is 10.5 Å². The fraction of sp³-hybridized carbons (Fsp3) is 0.286. The minimum absolute atomic E-state index is 0.131. The minimum Gasteiger partial charge on any atom is -0.478 e. The van der Waals surface area contributed by atoms with Crippen molar-refractivity contribution >= 4 is 23.8 Å². The second kappa shape index (κ2) is 8.72. The Morgan fingerprint density at radius 2 is 1.67 bits per heavy atom. The molecule has 0 unspecified atom stereocenters. The molecule has 0 aliphatic carbocycles. The van der Waals surface area contributed by atoms with E-state index in [0.29, 0.717) is 11.3 Å². The van der Waals surface area contributed by atoms with Crippen LogP contribution >= 0.6 is 0 Å². The van der Waals surface area contributed by atoms with Crippen LogP contribution in [0.3, 0.4) is 0 Å². The lowest BCUT2D eigenvalue weighted by Gasteiger charge is -2.21. The Morgan fingerprint density at radius 1 is 1.10 bits per heavy atom. The summed E-state index contributed by atoms with van der Waals surface area (Å²) in [7, 11) is 0. The van der Waals surface area contributed by atoms with Crippen molar-refractivity contribution in [2.24, 2.45) is 0 Å². The average molecular weight is 294 g/mol. The average Bonchev–Trinajstić information content (AvgIpc) is 2.46. The highest BCUT2D eigenvalue weighted by Gasteiger charge is 2.12. The molecule has 0 aliphatic rings. The SMILES string of the molecule is O=C(O)C=Cc1ccc(NC(=O)N(CCO)CCO)cc1. The van der Waals surface area contributed by atoms with Gasteiger partial charge in [0.05, 0.1) is 13.2 Å². The van der Waals surface area contributed by atoms with Gasteiger partial charge in [-0.25, -0.2) is 9.59 Å². The molecule has 0 bridgehead atoms. The zero-order valence-corrected chi connectivity index (χ0v) is 11.4. The topological polar surface area (TPSA) is 110 Å². The lowest BCUT2D eigenvalue weighted by molar-refractivity contribution is -0.131. The van der Waals surface area contributed by atoms with Gasteiger partial charge in [0.1, 0.15) is 0 Å². The van der Waals surface area contributed by atoms with Crippen LogP contribution < -0.4 is 5.32 Å². The Balaban J connectivity index is 2.65. The number of anilines is 1. The number of aliphatic hydroxyl groups is 2. The Bertz CT molecular complexity index is 493. The Hall–Kier alpha value is -2.38. The molecule has 0 radical (unpaired) electrons. The van der Waals surface area contributed by atoms with E-state index in [1.54, 1.807) is 24.3 Å². The van der Waals surface area contributed by atoms with Gasteiger partial charge in [0.2, 0.25) is 0 Å². The largest absolute Gasteiger partial charge is 0.478 e. The summed E-state index contributed by atoms with van der Waals surface area (Å²) < 4.78 is 0. The van der Waals surface area contributed by atoms with Gasteiger partial charge in [0, 0.05) is 24.9 Å². The number of benzene rings is 1. The molecule has 21 heavy (non-hydrogen) atoms. The fourth-order valence-corrected chi connectivity index (χ4v) is 1.60. The smallest absolute Gasteiger partial charge is 0.328 e. The van der Waals surface area contributed by atoms with Crippen molar-refractivity contribution in [3.8, 4) is 0 Å². The summed E-state index contributed by atoms with van der Waals surface area (Å²) in [6.45, 7) is -0.115. The van der Waals surface area contributed by atoms with E-state index in [1.807, 2.05) is 0 Å². The first-order valence-corrected chi connectivity index (χ1v) is 6.35. The third-order valence-electron chi connectivity index (χ3n) is 2.61. The van der Waals surface area contributed by atoms with Crippen molar-refractivity contribution in [3.63, 3.8) is 0 Å². The molecule has 1 aromatic rings. The monoisotopic (exact) mass is 294 g/mol. The number of carbonyl (C=O) groups is 2. The predicted molar refractivity (Wildman–Crippen MR) is 77.9 cm³/mol. The maximum Gasteiger partial charge on any atom is 0.328 e. The Labute approximate surface area is 122 Å². The van der Waals surface area contributed by atoms with E-state index >= 15 is 0 Å². The Morgan fingerprint density at radius 3 is 2.14 bits per heavy atom. The molecule has 0 aliphatic heterocycles. The zero-order valence-electron chi connectivity index (χ0n) is 11.4. The molecule has 7 heteroatoms. The lowest BCUT2D eigenvalue weighted by atomic mass is 10.2. The number of hydrogen-bond acceptors (Lipinski definition) is 4. The molecule has 114 valence electrons. The summed E-state index contributed by atoms with van der Waals surface area (Å²) in [6.07, 6.45) is 2.47. The maximum absolute atomic E-state index is 11.9. The molecule has 0 saturated heterocycles. The molecule has 0 saturated carbocycles. The Kier molecular flexibility index (Phi) is 6.93. The van der Waals surface area contributed by atoms with Crippen molar-refractivity contribution in [3.05, 3.63) is 35.9 Å². The number of nitrogens with one attached hydrogen (secondary N) is 1. The second-order valence-electron chi connectivity index (χ2n) is 4.16. The summed E-state index contributed by atoms with van der Waals surface area (Å²) in [5, 5.41) is 28.9. The van der Waals surface area contributed by atoms with Crippen LogP contribution in [0.5, 0.6) is 0 Å². The molecule has 0 atom stereocenters. The third kappa shape index (κ3) is 6.07. The first kappa shape index (κ1) is 16.7. The predicted octanol–water partition coefficient (Wildman–Crippen LogP) is 0.603. The standard InChI is InChI=1S/C14H18N2O5/c17-9-7-16(8-10-18)14(21)15-12-4-1-11(2-5-12)3-6-13(19)20/h1-6,17-18H,7-10H2,(H,15,21)(H,19,20). The van der Waals surface area contributed by atoms with Gasteiger partial charge in [-0.2, -0.15) is 0 Å². The first-order chi connectivity index (χ1) is 10.1. The van der Waals surface area contributed by atoms with E-state index in [1.165, 1.54) is 11.0 Å². The van der Waals surface area contributed by atoms with Crippen LogP contribution in [0.25, 0.3) is 6.08 Å². The number of aliphatic carboxylic acids is 1. The molecule has 0 fully saturated rings. The van der Waals surface area contributed by atoms with Crippen LogP contribution in [0.2, 0.25) is 0 Å². The number of rotatable bonds is 7. The minimum atomic E-state index is -1.03. The maximum atomic E-state index is 11.9. The van der Waals surface area contributed by atoms with Gasteiger partial charge in [0.25, 0.3) is 0 Å². The lowest BCUT2D eigenvalue weighted by Crippen LogP contribution is -2.38. The number of urea groups is 1. The van der Waals surface area contributed by atoms with Crippen LogP contribution in [0.1, 0.15) is 5.56 Å². The van der Waals surface area contributed by atoms with Crippen LogP contribution in [-0.2, 0) is 4.79 Å². The molecular weight excluding hydrogens is 276 g/mol. The van der Waals surface area contributed by atoms with Crippen molar-refractivity contribution in [2.75, 3.05) is 31.6 Å². The number of carbonyl (C=O) groups excluding carboxylic acids is 1. The van der Waals surface area contributed by atoms with Crippen molar-refractivity contribution in [1.82, 2.24) is 4.90 Å². The summed E-state index contributed by atoms with van der Waals surface area (Å²) in [6, 6.07) is 6.17. The van der Waals surface area contributed by atoms with Gasteiger partial charge in [-0.3, -0.25) is 0 Å². The summed E-state index contributed by atoms with van der Waals surface area (Å²) in [5.74, 6) is -1.03. The summed E-state index contributed by atoms with van der Waals surface area (Å²) >= 11 is 0. The number of nitrogens with zero attached hydrogens (tertiary/aromatic N) is 1. The van der Waals surface area contributed by atoms with Gasteiger partial charge in [0.15, 0.2) is 0 Å². The van der Waals surface area contributed by atoms with Gasteiger partial charge >= 0.3 is 12.0 Å². The number of aliphatic hydroxyl groups excluding tert-OH is 2. The van der Waals surface area contributed by atoms with Gasteiger partial charge in [-0.15, -0.1) is 0 Å². The number of hydrogen-bond donors (Lipinski definition) is 4. The summed E-state index contributed by atoms with van der Waals surface area (Å²) in [5.41, 5.74) is 1.23. The van der Waals surface area contributed by atoms with E-state index in [4.69, 9.17) is 15.3 Å². The fourth-order valence-electron chi connectivity index (χ4n) is 1.60. The first-order valence-electron chi connectivity index (χ1n) is 6.35. The zero-order chi connectivity index (χ0) is 15.7. The molecule has 7 nitrogen and oxygen atoms in total. The summed E-state index contributed by atoms with van der Waals surface area (Å²) in [4.78, 5) is 23.6. The van der Waals surface area contributed by atoms with Crippen molar-refractivity contribution in [2.45, 2.75) is 0 Å². The van der Waals surface area contributed by atoms with Gasteiger partial charge < -0.3 is 25.5 Å². The van der Waals surface area contributed by atoms with Gasteiger partial charge in [-0.1, -0.05) is 12.1 Å². The molecule has 1 rings (SSSR count). The third-order valence-corrected chi connectivity index (χ3v) is 2.61. The number of carboxylic acid groups (broad SMARTS) is 1. The van der Waals surface area contributed by atoms with Crippen molar-refractivity contribution in [1.29, 1.82) is 0 Å². The number of amides is 2. The molecule has 2 amide bonds. The molecule has 0 spiro atoms.